The van der Waals surface area contributed by atoms with Crippen molar-refractivity contribution >= 4 is 17.8 Å². The molecular formula is C24H36N4O5. The number of carbonyl (C=O) groups is 3. The standard InChI is InChI=1S/C24H36N4O5/c1-16-11-23(3,4)15-24(12-16)21(30)28(22(31)26-24)14-20(29)25-13-18(19-6-5-17(2)33-19)27-7-9-32-10-8-27/h5-6,16,18H,7-15H2,1-4H3,(H,25,29)(H,26,31). The lowest BCUT2D eigenvalue weighted by atomic mass is 9.64. The monoisotopic (exact) mass is 460 g/mol. The van der Waals surface area contributed by atoms with E-state index < -0.39 is 11.6 Å². The van der Waals surface area contributed by atoms with E-state index in [1.165, 1.54) is 0 Å². The molecule has 3 aliphatic rings. The molecule has 1 saturated carbocycles. The fourth-order valence-electron chi connectivity index (χ4n) is 5.99. The zero-order chi connectivity index (χ0) is 23.8. The number of hydrogen-bond acceptors (Lipinski definition) is 6. The van der Waals surface area contributed by atoms with Crippen LogP contribution in [0.2, 0.25) is 0 Å². The van der Waals surface area contributed by atoms with E-state index in [-0.39, 0.29) is 29.8 Å². The lowest BCUT2D eigenvalue weighted by molar-refractivity contribution is -0.137. The zero-order valence-electron chi connectivity index (χ0n) is 20.1. The normalized spacial score (nSPS) is 28.7. The first-order valence-electron chi connectivity index (χ1n) is 11.9. The Hall–Kier alpha value is -2.39. The van der Waals surface area contributed by atoms with Gasteiger partial charge in [0.15, 0.2) is 0 Å². The average Bonchev–Trinajstić information content (AvgIpc) is 3.24. The molecule has 1 spiro atoms. The minimum Gasteiger partial charge on any atom is -0.465 e. The summed E-state index contributed by atoms with van der Waals surface area (Å²) in [5.74, 6) is 1.26. The van der Waals surface area contributed by atoms with Gasteiger partial charge in [0.1, 0.15) is 23.6 Å². The molecular weight excluding hydrogens is 424 g/mol. The first kappa shape index (κ1) is 23.8. The van der Waals surface area contributed by atoms with Crippen molar-refractivity contribution in [1.82, 2.24) is 20.4 Å². The molecule has 9 nitrogen and oxygen atoms in total. The number of nitrogens with one attached hydrogen (secondary N) is 2. The number of morpholine rings is 1. The molecule has 3 unspecified atom stereocenters. The highest BCUT2D eigenvalue weighted by atomic mass is 16.5. The van der Waals surface area contributed by atoms with Crippen molar-refractivity contribution in [3.8, 4) is 0 Å². The molecule has 33 heavy (non-hydrogen) atoms. The van der Waals surface area contributed by atoms with Crippen molar-refractivity contribution in [2.75, 3.05) is 39.4 Å². The predicted octanol–water partition coefficient (Wildman–Crippen LogP) is 2.21. The van der Waals surface area contributed by atoms with Crippen molar-refractivity contribution in [3.63, 3.8) is 0 Å². The fraction of sp³-hybridized carbons (Fsp3) is 0.708. The topological polar surface area (TPSA) is 104 Å². The third-order valence-electron chi connectivity index (χ3n) is 6.99. The summed E-state index contributed by atoms with van der Waals surface area (Å²) in [6.07, 6.45) is 2.20. The number of furan rings is 1. The second-order valence-electron chi connectivity index (χ2n) is 10.7. The van der Waals surface area contributed by atoms with Gasteiger partial charge in [0.2, 0.25) is 5.91 Å². The van der Waals surface area contributed by atoms with Gasteiger partial charge in [-0.1, -0.05) is 20.8 Å². The molecule has 3 fully saturated rings. The van der Waals surface area contributed by atoms with Gasteiger partial charge in [-0.3, -0.25) is 19.4 Å². The number of aryl methyl sites for hydroxylation is 1. The van der Waals surface area contributed by atoms with Crippen LogP contribution < -0.4 is 10.6 Å². The molecule has 4 rings (SSSR count). The first-order chi connectivity index (χ1) is 15.6. The summed E-state index contributed by atoms with van der Waals surface area (Å²) in [6, 6.07) is 3.21. The number of imide groups is 1. The van der Waals surface area contributed by atoms with Gasteiger partial charge in [-0.2, -0.15) is 0 Å². The van der Waals surface area contributed by atoms with Gasteiger partial charge in [0, 0.05) is 19.6 Å². The maximum absolute atomic E-state index is 13.3. The molecule has 1 aromatic rings. The Morgan fingerprint density at radius 3 is 2.61 bits per heavy atom. The van der Waals surface area contributed by atoms with Crippen molar-refractivity contribution in [2.24, 2.45) is 11.3 Å². The van der Waals surface area contributed by atoms with E-state index in [4.69, 9.17) is 9.15 Å². The Kier molecular flexibility index (Phi) is 6.55. The van der Waals surface area contributed by atoms with Gasteiger partial charge in [0.05, 0.1) is 19.3 Å². The highest BCUT2D eigenvalue weighted by Crippen LogP contribution is 2.46. The molecule has 3 atom stereocenters. The number of ether oxygens (including phenoxy) is 1. The summed E-state index contributed by atoms with van der Waals surface area (Å²) in [6.45, 7) is 11.0. The number of amides is 4. The Morgan fingerprint density at radius 1 is 1.24 bits per heavy atom. The van der Waals surface area contributed by atoms with E-state index in [0.29, 0.717) is 38.5 Å². The summed E-state index contributed by atoms with van der Waals surface area (Å²) in [7, 11) is 0. The van der Waals surface area contributed by atoms with Crippen LogP contribution in [-0.4, -0.2) is 72.6 Å². The third-order valence-corrected chi connectivity index (χ3v) is 6.99. The third kappa shape index (κ3) is 5.09. The molecule has 1 aliphatic carbocycles. The molecule has 0 radical (unpaired) electrons. The van der Waals surface area contributed by atoms with Gasteiger partial charge in [0.25, 0.3) is 5.91 Å². The quantitative estimate of drug-likeness (QED) is 0.631. The van der Waals surface area contributed by atoms with Gasteiger partial charge >= 0.3 is 6.03 Å². The van der Waals surface area contributed by atoms with Crippen LogP contribution in [0.1, 0.15) is 57.6 Å². The van der Waals surface area contributed by atoms with Crippen molar-refractivity contribution < 1.29 is 23.5 Å². The molecule has 9 heteroatoms. The maximum atomic E-state index is 13.3. The number of carbonyl (C=O) groups excluding carboxylic acids is 3. The van der Waals surface area contributed by atoms with Crippen LogP contribution >= 0.6 is 0 Å². The van der Waals surface area contributed by atoms with Crippen molar-refractivity contribution in [3.05, 3.63) is 23.7 Å². The van der Waals surface area contributed by atoms with Crippen molar-refractivity contribution in [2.45, 2.75) is 58.5 Å². The molecule has 2 N–H and O–H groups in total. The van der Waals surface area contributed by atoms with Crippen LogP contribution in [0, 0.1) is 18.3 Å². The van der Waals surface area contributed by atoms with Gasteiger partial charge in [-0.15, -0.1) is 0 Å². The zero-order valence-corrected chi connectivity index (χ0v) is 20.1. The summed E-state index contributed by atoms with van der Waals surface area (Å²) < 4.78 is 11.3. The molecule has 2 saturated heterocycles. The van der Waals surface area contributed by atoms with E-state index >= 15 is 0 Å². The molecule has 0 aromatic carbocycles. The average molecular weight is 461 g/mol. The smallest absolute Gasteiger partial charge is 0.325 e. The Morgan fingerprint density at radius 2 is 1.97 bits per heavy atom. The molecule has 4 amide bonds. The predicted molar refractivity (Wildman–Crippen MR) is 121 cm³/mol. The van der Waals surface area contributed by atoms with E-state index in [0.717, 1.165) is 35.9 Å². The van der Waals surface area contributed by atoms with E-state index in [9.17, 15) is 14.4 Å². The highest BCUT2D eigenvalue weighted by molar-refractivity contribution is 6.09. The fourth-order valence-corrected chi connectivity index (χ4v) is 5.99. The van der Waals surface area contributed by atoms with E-state index in [1.54, 1.807) is 0 Å². The van der Waals surface area contributed by atoms with E-state index in [1.807, 2.05) is 19.1 Å². The number of rotatable bonds is 6. The molecule has 182 valence electrons. The van der Waals surface area contributed by atoms with Crippen LogP contribution in [0.3, 0.4) is 0 Å². The maximum Gasteiger partial charge on any atom is 0.325 e. The SMILES string of the molecule is Cc1ccc(C(CNC(=O)CN2C(=O)NC3(CC(C)CC(C)(C)C3)C2=O)N2CCOCC2)o1. The van der Waals surface area contributed by atoms with Crippen LogP contribution in [0.15, 0.2) is 16.5 Å². The lowest BCUT2D eigenvalue weighted by Crippen LogP contribution is -2.54. The van der Waals surface area contributed by atoms with Gasteiger partial charge in [-0.25, -0.2) is 4.79 Å². The Balaban J connectivity index is 1.40. The van der Waals surface area contributed by atoms with E-state index in [2.05, 4.69) is 36.3 Å². The molecule has 0 bridgehead atoms. The molecule has 2 aliphatic heterocycles. The molecule has 1 aromatic heterocycles. The number of nitrogens with zero attached hydrogens (tertiary/aromatic N) is 2. The second kappa shape index (κ2) is 9.10. The van der Waals surface area contributed by atoms with Crippen LogP contribution in [0.25, 0.3) is 0 Å². The first-order valence-corrected chi connectivity index (χ1v) is 11.9. The Labute approximate surface area is 195 Å². The summed E-state index contributed by atoms with van der Waals surface area (Å²) in [4.78, 5) is 42.1. The largest absolute Gasteiger partial charge is 0.465 e. The summed E-state index contributed by atoms with van der Waals surface area (Å²) >= 11 is 0. The number of urea groups is 1. The highest BCUT2D eigenvalue weighted by Gasteiger charge is 2.56. The number of hydrogen-bond donors (Lipinski definition) is 2. The Bertz CT molecular complexity index is 906. The lowest BCUT2D eigenvalue weighted by Gasteiger charge is -2.43. The summed E-state index contributed by atoms with van der Waals surface area (Å²) in [5, 5.41) is 5.84. The minimum atomic E-state index is -0.902. The summed E-state index contributed by atoms with van der Waals surface area (Å²) in [5.41, 5.74) is -0.952. The van der Waals surface area contributed by atoms with Gasteiger partial charge < -0.3 is 19.8 Å². The van der Waals surface area contributed by atoms with Crippen molar-refractivity contribution in [1.29, 1.82) is 0 Å². The van der Waals surface area contributed by atoms with Gasteiger partial charge in [-0.05, 0) is 49.7 Å². The van der Waals surface area contributed by atoms with Crippen LogP contribution in [-0.2, 0) is 14.3 Å². The second-order valence-corrected chi connectivity index (χ2v) is 10.7. The molecule has 3 heterocycles. The minimum absolute atomic E-state index is 0.0502. The van der Waals surface area contributed by atoms with Crippen LogP contribution in [0.4, 0.5) is 4.79 Å². The van der Waals surface area contributed by atoms with Crippen LogP contribution in [0.5, 0.6) is 0 Å².